The van der Waals surface area contributed by atoms with Crippen LogP contribution >= 0.6 is 15.9 Å². The van der Waals surface area contributed by atoms with Crippen molar-refractivity contribution in [1.82, 2.24) is 20.2 Å². The lowest BCUT2D eigenvalue weighted by Gasteiger charge is -2.29. The Balaban J connectivity index is 1.51. The van der Waals surface area contributed by atoms with Crippen LogP contribution in [0.3, 0.4) is 0 Å². The van der Waals surface area contributed by atoms with Gasteiger partial charge in [-0.05, 0) is 57.7 Å². The Kier molecular flexibility index (Phi) is 7.39. The summed E-state index contributed by atoms with van der Waals surface area (Å²) in [6.07, 6.45) is 2.81. The molecule has 0 saturated heterocycles. The fraction of sp³-hybridized carbons (Fsp3) is 0.250. The van der Waals surface area contributed by atoms with E-state index in [1.54, 1.807) is 25.4 Å². The summed E-state index contributed by atoms with van der Waals surface area (Å²) in [5.41, 5.74) is 9.85. The van der Waals surface area contributed by atoms with Crippen molar-refractivity contribution in [2.24, 2.45) is 5.73 Å². The van der Waals surface area contributed by atoms with Crippen molar-refractivity contribution in [3.05, 3.63) is 69.8 Å². The molecule has 34 heavy (non-hydrogen) atoms. The number of halogens is 1. The van der Waals surface area contributed by atoms with E-state index in [4.69, 9.17) is 5.73 Å². The van der Waals surface area contributed by atoms with Gasteiger partial charge in [-0.1, -0.05) is 18.2 Å². The number of nitrogens with two attached hydrogens (primary N) is 1. The van der Waals surface area contributed by atoms with E-state index in [1.807, 2.05) is 29.2 Å². The molecule has 4 rings (SSSR count). The molecule has 2 heterocycles. The molecule has 0 spiro atoms. The summed E-state index contributed by atoms with van der Waals surface area (Å²) in [6, 6.07) is 13.3. The molecular formula is C24H26BrN7O2. The monoisotopic (exact) mass is 523 g/mol. The van der Waals surface area contributed by atoms with E-state index in [-0.39, 0.29) is 11.8 Å². The summed E-state index contributed by atoms with van der Waals surface area (Å²) in [6.45, 7) is 1.65. The van der Waals surface area contributed by atoms with Crippen LogP contribution in [0.5, 0.6) is 0 Å². The Morgan fingerprint density at radius 3 is 2.76 bits per heavy atom. The van der Waals surface area contributed by atoms with Crippen molar-refractivity contribution in [3.8, 4) is 0 Å². The van der Waals surface area contributed by atoms with E-state index >= 15 is 0 Å². The lowest BCUT2D eigenvalue weighted by molar-refractivity contribution is -0.131. The van der Waals surface area contributed by atoms with Gasteiger partial charge in [0.15, 0.2) is 0 Å². The molecular weight excluding hydrogens is 498 g/mol. The largest absolute Gasteiger partial charge is 0.355 e. The highest BCUT2D eigenvalue weighted by atomic mass is 79.9. The number of para-hydroxylation sites is 1. The molecule has 9 nitrogen and oxygen atoms in total. The van der Waals surface area contributed by atoms with Crippen LogP contribution in [0.1, 0.15) is 27.9 Å². The van der Waals surface area contributed by atoms with Crippen LogP contribution in [0.4, 0.5) is 23.1 Å². The predicted octanol–water partition coefficient (Wildman–Crippen LogP) is 3.32. The second-order valence-corrected chi connectivity index (χ2v) is 8.71. The van der Waals surface area contributed by atoms with Gasteiger partial charge >= 0.3 is 0 Å². The highest BCUT2D eigenvalue weighted by Gasteiger charge is 2.20. The number of anilines is 4. The standard InChI is InChI=1S/C24H26BrN7O2/c1-27-23(34)18-4-2-3-5-20(18)30-22-19(25)13-28-24(31-22)29-17-7-6-16-14-32(21(33)8-10-26)11-9-15(16)12-17/h2-7,12-13H,8-11,14,26H2,1H3,(H,27,34)(H2,28,29,30,31). The molecule has 1 aliphatic heterocycles. The Labute approximate surface area is 206 Å². The number of nitrogens with zero attached hydrogens (tertiary/aromatic N) is 3. The molecule has 0 unspecified atom stereocenters. The maximum Gasteiger partial charge on any atom is 0.253 e. The number of hydrogen-bond donors (Lipinski definition) is 4. The third-order valence-electron chi connectivity index (χ3n) is 5.58. The first-order chi connectivity index (χ1) is 16.5. The summed E-state index contributed by atoms with van der Waals surface area (Å²) < 4.78 is 0.664. The molecule has 1 aromatic heterocycles. The zero-order chi connectivity index (χ0) is 24.1. The summed E-state index contributed by atoms with van der Waals surface area (Å²) >= 11 is 3.47. The Hall–Kier alpha value is -3.50. The zero-order valence-electron chi connectivity index (χ0n) is 18.8. The molecule has 176 valence electrons. The van der Waals surface area contributed by atoms with Gasteiger partial charge in [0, 0.05) is 45.0 Å². The molecule has 1 aliphatic rings. The number of nitrogens with one attached hydrogen (secondary N) is 3. The lowest BCUT2D eigenvalue weighted by atomic mass is 9.98. The number of carbonyl (C=O) groups excluding carboxylic acids is 2. The highest BCUT2D eigenvalue weighted by Crippen LogP contribution is 2.28. The number of carbonyl (C=O) groups is 2. The van der Waals surface area contributed by atoms with E-state index in [0.717, 1.165) is 17.7 Å². The molecule has 0 bridgehead atoms. The molecule has 0 saturated carbocycles. The Morgan fingerprint density at radius 1 is 1.15 bits per heavy atom. The minimum atomic E-state index is -0.191. The third kappa shape index (κ3) is 5.35. The fourth-order valence-corrected chi connectivity index (χ4v) is 4.11. The average molecular weight is 524 g/mol. The van der Waals surface area contributed by atoms with Crippen molar-refractivity contribution in [1.29, 1.82) is 0 Å². The number of benzene rings is 2. The van der Waals surface area contributed by atoms with Gasteiger partial charge in [0.1, 0.15) is 5.82 Å². The van der Waals surface area contributed by atoms with E-state index < -0.39 is 0 Å². The molecule has 5 N–H and O–H groups in total. The van der Waals surface area contributed by atoms with Gasteiger partial charge in [-0.3, -0.25) is 9.59 Å². The minimum absolute atomic E-state index is 0.0941. The maximum absolute atomic E-state index is 12.2. The summed E-state index contributed by atoms with van der Waals surface area (Å²) in [7, 11) is 1.59. The summed E-state index contributed by atoms with van der Waals surface area (Å²) in [5, 5.41) is 9.11. The van der Waals surface area contributed by atoms with Gasteiger partial charge in [-0.2, -0.15) is 4.98 Å². The first kappa shape index (κ1) is 23.7. The fourth-order valence-electron chi connectivity index (χ4n) is 3.82. The lowest BCUT2D eigenvalue weighted by Crippen LogP contribution is -2.36. The molecule has 0 fully saturated rings. The van der Waals surface area contributed by atoms with E-state index in [2.05, 4.69) is 47.9 Å². The molecule has 3 aromatic rings. The zero-order valence-corrected chi connectivity index (χ0v) is 20.4. The van der Waals surface area contributed by atoms with Gasteiger partial charge in [-0.15, -0.1) is 0 Å². The van der Waals surface area contributed by atoms with Gasteiger partial charge < -0.3 is 26.6 Å². The number of aromatic nitrogens is 2. The number of hydrogen-bond acceptors (Lipinski definition) is 7. The Morgan fingerprint density at radius 2 is 1.97 bits per heavy atom. The first-order valence-corrected chi connectivity index (χ1v) is 11.7. The van der Waals surface area contributed by atoms with Gasteiger partial charge in [0.25, 0.3) is 5.91 Å². The molecule has 2 aromatic carbocycles. The van der Waals surface area contributed by atoms with E-state index in [0.29, 0.717) is 53.5 Å². The summed E-state index contributed by atoms with van der Waals surface area (Å²) in [4.78, 5) is 35.2. The second kappa shape index (κ2) is 10.6. The first-order valence-electron chi connectivity index (χ1n) is 11.0. The molecule has 2 amide bonds. The predicted molar refractivity (Wildman–Crippen MR) is 135 cm³/mol. The number of fused-ring (bicyclic) bond motifs is 1. The van der Waals surface area contributed by atoms with Crippen LogP contribution in [-0.2, 0) is 17.8 Å². The maximum atomic E-state index is 12.2. The van der Waals surface area contributed by atoms with Gasteiger partial charge in [0.2, 0.25) is 11.9 Å². The molecule has 0 radical (unpaired) electrons. The normalized spacial score (nSPS) is 12.6. The Bertz CT molecular complexity index is 1220. The van der Waals surface area contributed by atoms with Crippen LogP contribution in [0.25, 0.3) is 0 Å². The SMILES string of the molecule is CNC(=O)c1ccccc1Nc1nc(Nc2ccc3c(c2)CCN(C(=O)CCN)C3)ncc1Br. The van der Waals surface area contributed by atoms with Crippen molar-refractivity contribution in [2.75, 3.05) is 30.8 Å². The second-order valence-electron chi connectivity index (χ2n) is 7.85. The van der Waals surface area contributed by atoms with E-state index in [9.17, 15) is 9.59 Å². The van der Waals surface area contributed by atoms with Crippen molar-refractivity contribution in [3.63, 3.8) is 0 Å². The van der Waals surface area contributed by atoms with Crippen LogP contribution in [0.15, 0.2) is 53.1 Å². The van der Waals surface area contributed by atoms with Crippen LogP contribution in [0, 0.1) is 0 Å². The third-order valence-corrected chi connectivity index (χ3v) is 6.16. The number of rotatable bonds is 7. The summed E-state index contributed by atoms with van der Waals surface area (Å²) in [5.74, 6) is 0.847. The van der Waals surface area contributed by atoms with Crippen molar-refractivity contribution < 1.29 is 9.59 Å². The smallest absolute Gasteiger partial charge is 0.253 e. The topological polar surface area (TPSA) is 125 Å². The van der Waals surface area contributed by atoms with Crippen molar-refractivity contribution >= 4 is 50.9 Å². The van der Waals surface area contributed by atoms with Crippen LogP contribution in [0.2, 0.25) is 0 Å². The molecule has 0 atom stereocenters. The van der Waals surface area contributed by atoms with E-state index in [1.165, 1.54) is 5.56 Å². The quantitative estimate of drug-likeness (QED) is 0.374. The molecule has 0 aliphatic carbocycles. The highest BCUT2D eigenvalue weighted by molar-refractivity contribution is 9.10. The van der Waals surface area contributed by atoms with Gasteiger partial charge in [0.05, 0.1) is 15.7 Å². The molecule has 10 heteroatoms. The van der Waals surface area contributed by atoms with Crippen LogP contribution in [-0.4, -0.2) is 46.8 Å². The van der Waals surface area contributed by atoms with Gasteiger partial charge in [-0.25, -0.2) is 4.98 Å². The average Bonchev–Trinajstić information content (AvgIpc) is 2.85. The van der Waals surface area contributed by atoms with Crippen molar-refractivity contribution in [2.45, 2.75) is 19.4 Å². The van der Waals surface area contributed by atoms with Crippen LogP contribution < -0.4 is 21.7 Å². The number of amides is 2. The minimum Gasteiger partial charge on any atom is -0.355 e.